The van der Waals surface area contributed by atoms with E-state index in [0.717, 1.165) is 144 Å². The van der Waals surface area contributed by atoms with Crippen LogP contribution >= 0.6 is 0 Å². The highest BCUT2D eigenvalue weighted by molar-refractivity contribution is 6.28. The predicted octanol–water partition coefficient (Wildman–Crippen LogP) is 24.0. The molecule has 8 nitrogen and oxygen atoms in total. The SMILES string of the molecule is [C-]#[N+]c1cc(-c2ccccc2-n2c3ccccc3c3c4c(ccc32)oc2ccccc24)cc(-n2c3ccccc3c3ccccc32)c1.[C-]#[N+]c1cc(-c2ccccc2-n2c3ccccc3c3c4oc5ccccc5c4ccc32)cc(-n2c3ccccc3c3ccccc32)c1. The first kappa shape index (κ1) is 52.8. The second kappa shape index (κ2) is 20.7. The van der Waals surface area contributed by atoms with Crippen LogP contribution in [0.5, 0.6) is 0 Å². The quantitative estimate of drug-likeness (QED) is 0.156. The van der Waals surface area contributed by atoms with Gasteiger partial charge in [0.2, 0.25) is 0 Å². The molecular formula is C86H50N6O2. The highest BCUT2D eigenvalue weighted by atomic mass is 16.3. The van der Waals surface area contributed by atoms with Crippen molar-refractivity contribution in [1.29, 1.82) is 0 Å². The molecule has 0 aliphatic carbocycles. The van der Waals surface area contributed by atoms with Gasteiger partial charge in [0.1, 0.15) is 22.3 Å². The van der Waals surface area contributed by atoms with Gasteiger partial charge in [0, 0.05) is 81.8 Å². The van der Waals surface area contributed by atoms with Crippen LogP contribution in [0.2, 0.25) is 0 Å². The Balaban J connectivity index is 0.000000133. The van der Waals surface area contributed by atoms with E-state index in [0.29, 0.717) is 11.4 Å². The smallest absolute Gasteiger partial charge is 0.189 e. The van der Waals surface area contributed by atoms with E-state index < -0.39 is 0 Å². The van der Waals surface area contributed by atoms with E-state index in [1.807, 2.05) is 48.5 Å². The van der Waals surface area contributed by atoms with Gasteiger partial charge in [-0.2, -0.15) is 0 Å². The molecule has 8 heteroatoms. The fraction of sp³-hybridized carbons (Fsp3) is 0. The molecule has 0 bridgehead atoms. The average Bonchev–Trinajstić information content (AvgIpc) is 1.52. The van der Waals surface area contributed by atoms with Crippen LogP contribution in [0.1, 0.15) is 0 Å². The van der Waals surface area contributed by atoms with Crippen LogP contribution in [0, 0.1) is 13.1 Å². The van der Waals surface area contributed by atoms with E-state index in [-0.39, 0.29) is 0 Å². The van der Waals surface area contributed by atoms with E-state index in [1.165, 1.54) is 32.3 Å². The number of furan rings is 2. The summed E-state index contributed by atoms with van der Waals surface area (Å²) in [6, 6.07) is 106. The Morgan fingerprint density at radius 2 is 0.617 bits per heavy atom. The lowest BCUT2D eigenvalue weighted by Crippen LogP contribution is -1.98. The molecule has 436 valence electrons. The van der Waals surface area contributed by atoms with Crippen molar-refractivity contribution in [2.45, 2.75) is 0 Å². The standard InChI is InChI=1S/2C43H25N3O/c1-44-28-24-27(25-29(26-28)45-37-18-8-3-13-31(37)32-14-4-9-19-38(32)45)30-12-2-7-17-36(30)46-39-20-10-5-16-35(39)42-40(46)23-22-34-33-15-6-11-21-41(33)47-43(34)42;1-44-28-24-27(25-29(26-28)45-36-18-8-3-13-31(36)32-14-4-9-19-37(32)45)30-12-2-7-17-35(30)46-38-20-10-5-15-33(38)42-39(46)22-23-41-43(42)34-16-6-11-21-40(34)47-41/h2*2-26H. The van der Waals surface area contributed by atoms with Crippen molar-refractivity contribution in [3.8, 4) is 45.0 Å². The normalized spacial score (nSPS) is 11.8. The van der Waals surface area contributed by atoms with Gasteiger partial charge in [0.25, 0.3) is 0 Å². The van der Waals surface area contributed by atoms with Crippen molar-refractivity contribution in [2.75, 3.05) is 0 Å². The van der Waals surface area contributed by atoms with Crippen molar-refractivity contribution in [2.24, 2.45) is 0 Å². The molecule has 94 heavy (non-hydrogen) atoms. The average molecular weight is 1200 g/mol. The molecule has 0 spiro atoms. The largest absolute Gasteiger partial charge is 0.456 e. The third kappa shape index (κ3) is 7.84. The van der Waals surface area contributed by atoms with Gasteiger partial charge in [-0.1, -0.05) is 182 Å². The zero-order chi connectivity index (χ0) is 62.1. The lowest BCUT2D eigenvalue weighted by molar-refractivity contribution is 0.669. The molecule has 0 saturated heterocycles. The molecule has 0 aliphatic heterocycles. The number of para-hydroxylation sites is 10. The molecule has 0 radical (unpaired) electrons. The molecular weight excluding hydrogens is 1150 g/mol. The molecule has 6 heterocycles. The molecule has 20 rings (SSSR count). The topological polar surface area (TPSA) is 54.7 Å². The zero-order valence-corrected chi connectivity index (χ0v) is 50.4. The highest BCUT2D eigenvalue weighted by Crippen LogP contribution is 2.47. The van der Waals surface area contributed by atoms with Gasteiger partial charge in [-0.05, 0) is 132 Å². The van der Waals surface area contributed by atoms with E-state index in [4.69, 9.17) is 22.0 Å². The maximum atomic E-state index is 8.09. The molecule has 0 fully saturated rings. The summed E-state index contributed by atoms with van der Waals surface area (Å²) in [6.07, 6.45) is 0. The number of hydrogen-bond donors (Lipinski definition) is 0. The van der Waals surface area contributed by atoms with Crippen molar-refractivity contribution >= 4 is 142 Å². The minimum absolute atomic E-state index is 0.598. The first-order chi connectivity index (χ1) is 46.6. The Morgan fingerprint density at radius 1 is 0.245 bits per heavy atom. The summed E-state index contributed by atoms with van der Waals surface area (Å²) in [4.78, 5) is 7.91. The summed E-state index contributed by atoms with van der Waals surface area (Å²) in [5.74, 6) is 0. The van der Waals surface area contributed by atoms with Crippen LogP contribution in [-0.4, -0.2) is 18.3 Å². The van der Waals surface area contributed by atoms with Crippen LogP contribution < -0.4 is 0 Å². The van der Waals surface area contributed by atoms with Gasteiger partial charge in [-0.15, -0.1) is 0 Å². The Kier molecular flexibility index (Phi) is 11.6. The van der Waals surface area contributed by atoms with Crippen molar-refractivity contribution in [1.82, 2.24) is 18.3 Å². The van der Waals surface area contributed by atoms with Crippen LogP contribution in [0.25, 0.3) is 186 Å². The molecule has 6 aromatic heterocycles. The van der Waals surface area contributed by atoms with Gasteiger partial charge < -0.3 is 27.1 Å². The molecule has 14 aromatic carbocycles. The lowest BCUT2D eigenvalue weighted by atomic mass is 10.0. The van der Waals surface area contributed by atoms with Crippen LogP contribution in [0.3, 0.4) is 0 Å². The Hall–Kier alpha value is -13.1. The minimum Gasteiger partial charge on any atom is -0.456 e. The van der Waals surface area contributed by atoms with E-state index in [1.54, 1.807) is 0 Å². The van der Waals surface area contributed by atoms with E-state index in [9.17, 15) is 0 Å². The summed E-state index contributed by atoms with van der Waals surface area (Å²) in [7, 11) is 0. The lowest BCUT2D eigenvalue weighted by Gasteiger charge is -2.16. The number of hydrogen-bond acceptors (Lipinski definition) is 2. The second-order valence-corrected chi connectivity index (χ2v) is 24.0. The Bertz CT molecular complexity index is 6550. The predicted molar refractivity (Wildman–Crippen MR) is 388 cm³/mol. The van der Waals surface area contributed by atoms with Gasteiger partial charge in [-0.25, -0.2) is 9.69 Å². The Labute approximate surface area is 537 Å². The maximum absolute atomic E-state index is 8.09. The molecule has 20 aromatic rings. The monoisotopic (exact) mass is 1200 g/mol. The number of benzene rings is 14. The third-order valence-electron chi connectivity index (χ3n) is 19.0. The van der Waals surface area contributed by atoms with Gasteiger partial charge in [-0.3, -0.25) is 0 Å². The number of rotatable bonds is 6. The fourth-order valence-corrected chi connectivity index (χ4v) is 15.1. The summed E-state index contributed by atoms with van der Waals surface area (Å²) in [5, 5.41) is 13.9. The van der Waals surface area contributed by atoms with Crippen LogP contribution in [0.15, 0.2) is 312 Å². The number of nitrogens with zero attached hydrogens (tertiary/aromatic N) is 6. The van der Waals surface area contributed by atoms with Crippen LogP contribution in [0.4, 0.5) is 11.4 Å². The molecule has 0 saturated carbocycles. The number of aromatic nitrogens is 4. The molecule has 0 amide bonds. The van der Waals surface area contributed by atoms with Gasteiger partial charge in [0.15, 0.2) is 11.4 Å². The third-order valence-corrected chi connectivity index (χ3v) is 19.0. The van der Waals surface area contributed by atoms with E-state index in [2.05, 4.69) is 283 Å². The summed E-state index contributed by atoms with van der Waals surface area (Å²) < 4.78 is 22.1. The number of fused-ring (bicyclic) bond motifs is 20. The van der Waals surface area contributed by atoms with Crippen molar-refractivity contribution in [3.63, 3.8) is 0 Å². The molecule has 0 unspecified atom stereocenters. The van der Waals surface area contributed by atoms with E-state index >= 15 is 0 Å². The van der Waals surface area contributed by atoms with Crippen LogP contribution in [-0.2, 0) is 0 Å². The minimum atomic E-state index is 0.598. The van der Waals surface area contributed by atoms with Crippen molar-refractivity contribution < 1.29 is 8.83 Å². The highest BCUT2D eigenvalue weighted by Gasteiger charge is 2.24. The second-order valence-electron chi connectivity index (χ2n) is 24.0. The molecule has 0 aliphatic rings. The summed E-state index contributed by atoms with van der Waals surface area (Å²) in [5.41, 5.74) is 21.8. The molecule has 0 N–H and O–H groups in total. The first-order valence-corrected chi connectivity index (χ1v) is 31.5. The van der Waals surface area contributed by atoms with Gasteiger partial charge >= 0.3 is 0 Å². The molecule has 0 atom stereocenters. The van der Waals surface area contributed by atoms with Gasteiger partial charge in [0.05, 0.1) is 74.0 Å². The van der Waals surface area contributed by atoms with Crippen molar-refractivity contribution in [3.05, 3.63) is 326 Å². The Morgan fingerprint density at radius 3 is 1.11 bits per heavy atom. The fourth-order valence-electron chi connectivity index (χ4n) is 15.1. The summed E-state index contributed by atoms with van der Waals surface area (Å²) >= 11 is 0. The summed E-state index contributed by atoms with van der Waals surface area (Å²) in [6.45, 7) is 16.2. The zero-order valence-electron chi connectivity index (χ0n) is 50.4. The first-order valence-electron chi connectivity index (χ1n) is 31.5. The maximum Gasteiger partial charge on any atom is 0.189 e.